The molecule has 1 atom stereocenters. The number of methoxy groups -OCH3 is 2. The van der Waals surface area contributed by atoms with E-state index >= 15 is 0 Å². The summed E-state index contributed by atoms with van der Waals surface area (Å²) in [7, 11) is 2.73. The highest BCUT2D eigenvalue weighted by atomic mass is 32.2. The van der Waals surface area contributed by atoms with Gasteiger partial charge in [-0.15, -0.1) is 0 Å². The minimum Gasteiger partial charge on any atom is -0.465 e. The average Bonchev–Trinajstić information content (AvgIpc) is 2.95. The van der Waals surface area contributed by atoms with Gasteiger partial charge in [0.05, 0.1) is 12.7 Å². The molecule has 0 aliphatic carbocycles. The summed E-state index contributed by atoms with van der Waals surface area (Å²) in [4.78, 5) is 26.5. The fraction of sp³-hybridized carbons (Fsp3) is 0.120. The van der Waals surface area contributed by atoms with Crippen molar-refractivity contribution in [3.63, 3.8) is 0 Å². The first kappa shape index (κ1) is 21.8. The van der Waals surface area contributed by atoms with Crippen molar-refractivity contribution in [2.24, 2.45) is 0 Å². The molecule has 7 heteroatoms. The van der Waals surface area contributed by atoms with E-state index in [9.17, 15) is 14.0 Å². The van der Waals surface area contributed by atoms with Crippen molar-refractivity contribution in [2.45, 2.75) is 15.9 Å². The molecule has 1 heterocycles. The second-order valence-electron chi connectivity index (χ2n) is 6.94. The lowest BCUT2D eigenvalue weighted by atomic mass is 10.1. The Hall–Kier alpha value is -3.42. The average molecular weight is 450 g/mol. The standard InChI is InChI=1S/C25H19FO5S/c1-29-23(15-6-4-3-5-7-15)25(28)31-20-13-17-12-18(26)9-11-21(17)32-22-14-16(24(27)30-2)8-10-19(20)22/h3-14,23H,1-2H3. The van der Waals surface area contributed by atoms with Gasteiger partial charge in [-0.1, -0.05) is 42.1 Å². The van der Waals surface area contributed by atoms with Gasteiger partial charge in [0.15, 0.2) is 6.10 Å². The Morgan fingerprint density at radius 1 is 0.938 bits per heavy atom. The van der Waals surface area contributed by atoms with Crippen LogP contribution in [0.15, 0.2) is 76.5 Å². The maximum Gasteiger partial charge on any atom is 0.345 e. The van der Waals surface area contributed by atoms with Gasteiger partial charge in [0.1, 0.15) is 11.6 Å². The fourth-order valence-electron chi connectivity index (χ4n) is 3.36. The van der Waals surface area contributed by atoms with E-state index in [1.807, 2.05) is 6.07 Å². The van der Waals surface area contributed by atoms with Gasteiger partial charge in [-0.05, 0) is 53.6 Å². The van der Waals surface area contributed by atoms with E-state index in [-0.39, 0.29) is 5.76 Å². The molecule has 1 aliphatic heterocycles. The van der Waals surface area contributed by atoms with Crippen molar-refractivity contribution in [2.75, 3.05) is 14.2 Å². The Labute approximate surface area is 188 Å². The Kier molecular flexibility index (Phi) is 6.39. The Bertz CT molecular complexity index is 1210. The van der Waals surface area contributed by atoms with Crippen molar-refractivity contribution in [3.8, 4) is 0 Å². The van der Waals surface area contributed by atoms with Crippen LogP contribution in [0.5, 0.6) is 0 Å². The molecule has 0 saturated carbocycles. The molecule has 0 radical (unpaired) electrons. The molecular weight excluding hydrogens is 431 g/mol. The summed E-state index contributed by atoms with van der Waals surface area (Å²) in [6.45, 7) is 0. The molecule has 1 unspecified atom stereocenters. The summed E-state index contributed by atoms with van der Waals surface area (Å²) in [5.41, 5.74) is 2.16. The lowest BCUT2D eigenvalue weighted by Gasteiger charge is -2.17. The molecule has 0 aromatic heterocycles. The zero-order valence-electron chi connectivity index (χ0n) is 17.3. The number of carbonyl (C=O) groups is 2. The summed E-state index contributed by atoms with van der Waals surface area (Å²) in [6, 6.07) is 18.3. The predicted octanol–water partition coefficient (Wildman–Crippen LogP) is 5.51. The first-order chi connectivity index (χ1) is 15.5. The van der Waals surface area contributed by atoms with Gasteiger partial charge in [0.25, 0.3) is 0 Å². The number of fused-ring (bicyclic) bond motifs is 2. The first-order valence-corrected chi connectivity index (χ1v) is 10.5. The maximum absolute atomic E-state index is 13.9. The smallest absolute Gasteiger partial charge is 0.345 e. The van der Waals surface area contributed by atoms with Crippen molar-refractivity contribution in [3.05, 3.63) is 94.8 Å². The van der Waals surface area contributed by atoms with Crippen LogP contribution in [0.2, 0.25) is 0 Å². The van der Waals surface area contributed by atoms with Crippen LogP contribution in [0, 0.1) is 5.82 Å². The fourth-order valence-corrected chi connectivity index (χ4v) is 4.43. The zero-order chi connectivity index (χ0) is 22.7. The lowest BCUT2D eigenvalue weighted by Crippen LogP contribution is -2.17. The molecule has 0 amide bonds. The molecule has 32 heavy (non-hydrogen) atoms. The van der Waals surface area contributed by atoms with Crippen LogP contribution in [0.25, 0.3) is 11.8 Å². The largest absolute Gasteiger partial charge is 0.465 e. The topological polar surface area (TPSA) is 61.8 Å². The van der Waals surface area contributed by atoms with E-state index in [2.05, 4.69) is 0 Å². The highest BCUT2D eigenvalue weighted by Gasteiger charge is 2.26. The molecule has 0 fully saturated rings. The van der Waals surface area contributed by atoms with Gasteiger partial charge < -0.3 is 14.2 Å². The summed E-state index contributed by atoms with van der Waals surface area (Å²) < 4.78 is 29.9. The highest BCUT2D eigenvalue weighted by molar-refractivity contribution is 7.99. The number of esters is 2. The molecule has 0 spiro atoms. The Balaban J connectivity index is 1.77. The quantitative estimate of drug-likeness (QED) is 0.478. The molecule has 0 bridgehead atoms. The maximum atomic E-state index is 13.9. The van der Waals surface area contributed by atoms with E-state index in [0.717, 1.165) is 4.90 Å². The molecule has 162 valence electrons. The van der Waals surface area contributed by atoms with Crippen LogP contribution in [0.3, 0.4) is 0 Å². The molecule has 1 aliphatic rings. The molecule has 0 N–H and O–H groups in total. The zero-order valence-corrected chi connectivity index (χ0v) is 18.1. The van der Waals surface area contributed by atoms with E-state index in [1.54, 1.807) is 54.6 Å². The van der Waals surface area contributed by atoms with Crippen molar-refractivity contribution < 1.29 is 28.2 Å². The van der Waals surface area contributed by atoms with Crippen molar-refractivity contribution >= 4 is 35.5 Å². The summed E-state index contributed by atoms with van der Waals surface area (Å²) in [5.74, 6) is -1.27. The SMILES string of the molecule is COC(=O)c1ccc2c(c1)Sc1ccc(F)cc1C=C2OC(=O)C(OC)c1ccccc1. The number of benzene rings is 3. The van der Waals surface area contributed by atoms with E-state index < -0.39 is 23.9 Å². The number of ether oxygens (including phenoxy) is 3. The number of rotatable bonds is 5. The predicted molar refractivity (Wildman–Crippen MR) is 118 cm³/mol. The van der Waals surface area contributed by atoms with Gasteiger partial charge in [0, 0.05) is 22.5 Å². The van der Waals surface area contributed by atoms with Crippen molar-refractivity contribution in [1.29, 1.82) is 0 Å². The summed E-state index contributed by atoms with van der Waals surface area (Å²) >= 11 is 1.35. The minimum atomic E-state index is -0.933. The molecule has 4 rings (SSSR count). The van der Waals surface area contributed by atoms with Crippen LogP contribution >= 0.6 is 11.8 Å². The molecule has 0 saturated heterocycles. The Morgan fingerprint density at radius 2 is 1.72 bits per heavy atom. The van der Waals surface area contributed by atoms with Crippen LogP contribution < -0.4 is 0 Å². The van der Waals surface area contributed by atoms with E-state index in [1.165, 1.54) is 38.1 Å². The van der Waals surface area contributed by atoms with E-state index in [4.69, 9.17) is 14.2 Å². The van der Waals surface area contributed by atoms with Crippen LogP contribution in [0.1, 0.15) is 33.2 Å². The van der Waals surface area contributed by atoms with Crippen LogP contribution in [-0.4, -0.2) is 26.2 Å². The number of carbonyl (C=O) groups excluding carboxylic acids is 2. The van der Waals surface area contributed by atoms with Crippen LogP contribution in [0.4, 0.5) is 4.39 Å². The van der Waals surface area contributed by atoms with Gasteiger partial charge in [-0.3, -0.25) is 0 Å². The van der Waals surface area contributed by atoms with Crippen molar-refractivity contribution in [1.82, 2.24) is 0 Å². The van der Waals surface area contributed by atoms with Gasteiger partial charge in [0.2, 0.25) is 0 Å². The molecule has 3 aromatic rings. The second-order valence-corrected chi connectivity index (χ2v) is 8.03. The third-order valence-electron chi connectivity index (χ3n) is 4.91. The van der Waals surface area contributed by atoms with E-state index in [0.29, 0.717) is 27.1 Å². The third-order valence-corrected chi connectivity index (χ3v) is 6.06. The number of halogens is 1. The number of hydrogen-bond donors (Lipinski definition) is 0. The second kappa shape index (κ2) is 9.38. The summed E-state index contributed by atoms with van der Waals surface area (Å²) in [6.07, 6.45) is 0.683. The lowest BCUT2D eigenvalue weighted by molar-refractivity contribution is -0.148. The third kappa shape index (κ3) is 4.44. The van der Waals surface area contributed by atoms with Gasteiger partial charge >= 0.3 is 11.9 Å². The molecule has 5 nitrogen and oxygen atoms in total. The normalized spacial score (nSPS) is 13.2. The summed E-state index contributed by atoms with van der Waals surface area (Å²) in [5, 5.41) is 0. The number of hydrogen-bond acceptors (Lipinski definition) is 6. The Morgan fingerprint density at radius 3 is 2.44 bits per heavy atom. The first-order valence-electron chi connectivity index (χ1n) is 9.71. The minimum absolute atomic E-state index is 0.233. The van der Waals surface area contributed by atoms with Crippen LogP contribution in [-0.2, 0) is 19.0 Å². The monoisotopic (exact) mass is 450 g/mol. The highest BCUT2D eigenvalue weighted by Crippen LogP contribution is 2.42. The van der Waals surface area contributed by atoms with Gasteiger partial charge in [-0.25, -0.2) is 14.0 Å². The molecular formula is C25H19FO5S. The molecule has 3 aromatic carbocycles. The van der Waals surface area contributed by atoms with Gasteiger partial charge in [-0.2, -0.15) is 0 Å².